The van der Waals surface area contributed by atoms with E-state index in [9.17, 15) is 4.79 Å². The molecule has 1 aliphatic heterocycles. The lowest BCUT2D eigenvalue weighted by Crippen LogP contribution is -2.41. The Balaban J connectivity index is 1.52. The number of carbonyl (C=O) groups is 1. The van der Waals surface area contributed by atoms with Crippen LogP contribution in [0.2, 0.25) is 0 Å². The third-order valence-corrected chi connectivity index (χ3v) is 6.76. The number of rotatable bonds is 4. The highest BCUT2D eigenvalue weighted by Crippen LogP contribution is 2.32. The number of fused-ring (bicyclic) bond motifs is 1. The zero-order valence-corrected chi connectivity index (χ0v) is 17.5. The third-order valence-electron chi connectivity index (χ3n) is 5.57. The minimum atomic E-state index is -0.0374. The number of aryl methyl sites for hydroxylation is 3. The molecule has 0 saturated carbocycles. The molecule has 0 radical (unpaired) electrons. The van der Waals surface area contributed by atoms with Crippen molar-refractivity contribution in [3.8, 4) is 0 Å². The van der Waals surface area contributed by atoms with Gasteiger partial charge in [0, 0.05) is 23.7 Å². The SMILES string of the molecule is CCc1cc2c(N3CCCC(C(=O)Nc4ccc(C)c(C)c4)C3)ncnc2s1. The molecule has 4 rings (SSSR count). The number of nitrogens with zero attached hydrogens (tertiary/aromatic N) is 3. The summed E-state index contributed by atoms with van der Waals surface area (Å²) in [6.45, 7) is 7.93. The maximum Gasteiger partial charge on any atom is 0.229 e. The van der Waals surface area contributed by atoms with Crippen LogP contribution in [0.15, 0.2) is 30.6 Å². The first kappa shape index (κ1) is 18.9. The Hall–Kier alpha value is -2.47. The summed E-state index contributed by atoms with van der Waals surface area (Å²) < 4.78 is 0. The molecular weight excluding hydrogens is 368 g/mol. The summed E-state index contributed by atoms with van der Waals surface area (Å²) in [5, 5.41) is 4.22. The molecule has 1 saturated heterocycles. The van der Waals surface area contributed by atoms with Crippen molar-refractivity contribution in [2.45, 2.75) is 40.0 Å². The Kier molecular flexibility index (Phi) is 5.31. The smallest absolute Gasteiger partial charge is 0.229 e. The average molecular weight is 395 g/mol. The molecule has 28 heavy (non-hydrogen) atoms. The van der Waals surface area contributed by atoms with Crippen molar-refractivity contribution >= 4 is 39.0 Å². The summed E-state index contributed by atoms with van der Waals surface area (Å²) >= 11 is 1.73. The van der Waals surface area contributed by atoms with Gasteiger partial charge in [-0.15, -0.1) is 11.3 Å². The monoisotopic (exact) mass is 394 g/mol. The topological polar surface area (TPSA) is 58.1 Å². The lowest BCUT2D eigenvalue weighted by Gasteiger charge is -2.33. The van der Waals surface area contributed by atoms with Crippen molar-refractivity contribution in [3.63, 3.8) is 0 Å². The van der Waals surface area contributed by atoms with Crippen LogP contribution in [0.25, 0.3) is 10.2 Å². The predicted molar refractivity (Wildman–Crippen MR) is 116 cm³/mol. The van der Waals surface area contributed by atoms with E-state index in [-0.39, 0.29) is 11.8 Å². The molecule has 1 atom stereocenters. The quantitative estimate of drug-likeness (QED) is 0.695. The summed E-state index contributed by atoms with van der Waals surface area (Å²) in [5.74, 6) is 1.02. The normalized spacial score (nSPS) is 17.1. The number of piperidine rings is 1. The van der Waals surface area contributed by atoms with E-state index in [2.05, 4.69) is 53.1 Å². The molecule has 1 N–H and O–H groups in total. The number of nitrogens with one attached hydrogen (secondary N) is 1. The van der Waals surface area contributed by atoms with Crippen LogP contribution in [-0.4, -0.2) is 29.0 Å². The van der Waals surface area contributed by atoms with Crippen LogP contribution in [0.4, 0.5) is 11.5 Å². The van der Waals surface area contributed by atoms with Crippen molar-refractivity contribution in [1.29, 1.82) is 0 Å². The van der Waals surface area contributed by atoms with E-state index in [1.807, 2.05) is 12.1 Å². The Labute approximate surface area is 169 Å². The van der Waals surface area contributed by atoms with E-state index >= 15 is 0 Å². The molecule has 1 amide bonds. The molecule has 3 heterocycles. The number of aromatic nitrogens is 2. The van der Waals surface area contributed by atoms with Crippen molar-refractivity contribution in [2.24, 2.45) is 5.92 Å². The highest BCUT2D eigenvalue weighted by Gasteiger charge is 2.28. The summed E-state index contributed by atoms with van der Waals surface area (Å²) in [4.78, 5) is 26.5. The van der Waals surface area contributed by atoms with Gasteiger partial charge in [0.05, 0.1) is 11.3 Å². The van der Waals surface area contributed by atoms with Gasteiger partial charge in [0.1, 0.15) is 17.0 Å². The van der Waals surface area contributed by atoms with Crippen LogP contribution in [0.1, 0.15) is 35.8 Å². The molecular formula is C22H26N4OS. The van der Waals surface area contributed by atoms with Crippen LogP contribution >= 0.6 is 11.3 Å². The van der Waals surface area contributed by atoms with Crippen molar-refractivity contribution in [1.82, 2.24) is 9.97 Å². The molecule has 0 spiro atoms. The van der Waals surface area contributed by atoms with Crippen LogP contribution in [-0.2, 0) is 11.2 Å². The predicted octanol–water partition coefficient (Wildman–Crippen LogP) is 4.73. The molecule has 146 valence electrons. The fourth-order valence-electron chi connectivity index (χ4n) is 3.77. The summed E-state index contributed by atoms with van der Waals surface area (Å²) in [7, 11) is 0. The van der Waals surface area contributed by atoms with Crippen LogP contribution in [0, 0.1) is 19.8 Å². The van der Waals surface area contributed by atoms with Gasteiger partial charge < -0.3 is 10.2 Å². The Morgan fingerprint density at radius 1 is 1.25 bits per heavy atom. The molecule has 5 nitrogen and oxygen atoms in total. The second kappa shape index (κ2) is 7.87. The van der Waals surface area contributed by atoms with Crippen LogP contribution in [0.3, 0.4) is 0 Å². The van der Waals surface area contributed by atoms with E-state index < -0.39 is 0 Å². The maximum atomic E-state index is 12.9. The van der Waals surface area contributed by atoms with Gasteiger partial charge in [-0.25, -0.2) is 9.97 Å². The van der Waals surface area contributed by atoms with E-state index in [1.54, 1.807) is 17.7 Å². The zero-order chi connectivity index (χ0) is 19.7. The highest BCUT2D eigenvalue weighted by atomic mass is 32.1. The number of thiophene rings is 1. The minimum Gasteiger partial charge on any atom is -0.355 e. The second-order valence-corrected chi connectivity index (χ2v) is 8.67. The number of anilines is 2. The van der Waals surface area contributed by atoms with Gasteiger partial charge in [0.15, 0.2) is 0 Å². The number of hydrogen-bond donors (Lipinski definition) is 1. The van der Waals surface area contributed by atoms with E-state index in [1.165, 1.54) is 16.0 Å². The van der Waals surface area contributed by atoms with Gasteiger partial charge in [-0.2, -0.15) is 0 Å². The molecule has 6 heteroatoms. The fraction of sp³-hybridized carbons (Fsp3) is 0.409. The van der Waals surface area contributed by atoms with Crippen LogP contribution in [0.5, 0.6) is 0 Å². The van der Waals surface area contributed by atoms with Gasteiger partial charge in [0.25, 0.3) is 0 Å². The Morgan fingerprint density at radius 2 is 2.11 bits per heavy atom. The first-order chi connectivity index (χ1) is 13.5. The van der Waals surface area contributed by atoms with Crippen molar-refractivity contribution in [2.75, 3.05) is 23.3 Å². The van der Waals surface area contributed by atoms with Crippen LogP contribution < -0.4 is 10.2 Å². The third kappa shape index (κ3) is 3.74. The molecule has 1 aliphatic rings. The average Bonchev–Trinajstić information content (AvgIpc) is 3.14. The lowest BCUT2D eigenvalue weighted by molar-refractivity contribution is -0.120. The van der Waals surface area contributed by atoms with Gasteiger partial charge in [-0.1, -0.05) is 13.0 Å². The number of amides is 1. The highest BCUT2D eigenvalue weighted by molar-refractivity contribution is 7.18. The van der Waals surface area contributed by atoms with E-state index in [0.29, 0.717) is 6.54 Å². The maximum absolute atomic E-state index is 12.9. The van der Waals surface area contributed by atoms with Crippen molar-refractivity contribution in [3.05, 3.63) is 46.6 Å². The lowest BCUT2D eigenvalue weighted by atomic mass is 9.96. The zero-order valence-electron chi connectivity index (χ0n) is 16.7. The first-order valence-electron chi connectivity index (χ1n) is 9.91. The van der Waals surface area contributed by atoms with E-state index in [0.717, 1.165) is 47.5 Å². The molecule has 2 aromatic heterocycles. The van der Waals surface area contributed by atoms with E-state index in [4.69, 9.17) is 0 Å². The van der Waals surface area contributed by atoms with Gasteiger partial charge in [-0.3, -0.25) is 4.79 Å². The molecule has 1 aromatic carbocycles. The number of hydrogen-bond acceptors (Lipinski definition) is 5. The minimum absolute atomic E-state index is 0.0374. The molecule has 0 aliphatic carbocycles. The standard InChI is InChI=1S/C22H26N4OS/c1-4-18-11-19-20(23-13-24-22(19)28-18)26-9-5-6-16(12-26)21(27)25-17-8-7-14(2)15(3)10-17/h7-8,10-11,13,16H,4-6,9,12H2,1-3H3,(H,25,27). The summed E-state index contributed by atoms with van der Waals surface area (Å²) in [5.41, 5.74) is 3.30. The molecule has 1 fully saturated rings. The Bertz CT molecular complexity index is 1010. The number of benzene rings is 1. The summed E-state index contributed by atoms with van der Waals surface area (Å²) in [6, 6.07) is 8.28. The number of carbonyl (C=O) groups excluding carboxylic acids is 1. The second-order valence-electron chi connectivity index (χ2n) is 7.56. The fourth-order valence-corrected chi connectivity index (χ4v) is 4.70. The summed E-state index contributed by atoms with van der Waals surface area (Å²) in [6.07, 6.45) is 4.54. The molecule has 0 bridgehead atoms. The Morgan fingerprint density at radius 3 is 2.89 bits per heavy atom. The first-order valence-corrected chi connectivity index (χ1v) is 10.7. The van der Waals surface area contributed by atoms with Gasteiger partial charge in [-0.05, 0) is 62.4 Å². The van der Waals surface area contributed by atoms with Gasteiger partial charge >= 0.3 is 0 Å². The molecule has 1 unspecified atom stereocenters. The van der Waals surface area contributed by atoms with Gasteiger partial charge in [0.2, 0.25) is 5.91 Å². The molecule has 3 aromatic rings. The largest absolute Gasteiger partial charge is 0.355 e. The van der Waals surface area contributed by atoms with Crippen molar-refractivity contribution < 1.29 is 4.79 Å².